The zero-order valence-corrected chi connectivity index (χ0v) is 18.4. The number of alkyl carbamates (subject to hydrolysis) is 1. The molecule has 0 bridgehead atoms. The molecule has 34 heavy (non-hydrogen) atoms. The average molecular weight is 472 g/mol. The summed E-state index contributed by atoms with van der Waals surface area (Å²) in [6.07, 6.45) is -2.94. The zero-order valence-electron chi connectivity index (χ0n) is 18.4. The number of fused-ring (bicyclic) bond motifs is 3. The molecule has 180 valence electrons. The summed E-state index contributed by atoms with van der Waals surface area (Å²) in [4.78, 5) is 36.3. The number of carbonyl (C=O) groups is 3. The number of hydrogen-bond donors (Lipinski definition) is 3. The van der Waals surface area contributed by atoms with Crippen LogP contribution in [0.1, 0.15) is 42.7 Å². The van der Waals surface area contributed by atoms with E-state index in [2.05, 4.69) is 10.6 Å². The molecule has 2 aromatic carbocycles. The zero-order chi connectivity index (χ0) is 24.2. The van der Waals surface area contributed by atoms with Crippen molar-refractivity contribution >= 4 is 18.0 Å². The highest BCUT2D eigenvalue weighted by atomic mass is 19.3. The van der Waals surface area contributed by atoms with Gasteiger partial charge in [-0.05, 0) is 35.1 Å². The Morgan fingerprint density at radius 2 is 1.62 bits per heavy atom. The molecular weight excluding hydrogens is 446 g/mol. The standard InChI is InChI=1S/C25H26F2N2O5/c26-22(27)12-21(24(31)32)28-23(30)18-10-5-11-20(18)29-25(33)34-13-19-16-8-3-1-6-14(16)15-7-2-4-9-17(15)19/h1-4,6-9,18-22H,5,10-13H2,(H,28,30)(H,29,33)(H,31,32)/t18-,20+,21?/m1/s1. The van der Waals surface area contributed by atoms with E-state index >= 15 is 0 Å². The molecule has 4 rings (SSSR count). The van der Waals surface area contributed by atoms with Gasteiger partial charge in [-0.25, -0.2) is 18.4 Å². The van der Waals surface area contributed by atoms with E-state index in [1.54, 1.807) is 0 Å². The maximum absolute atomic E-state index is 12.6. The summed E-state index contributed by atoms with van der Waals surface area (Å²) >= 11 is 0. The van der Waals surface area contributed by atoms with Gasteiger partial charge in [0.1, 0.15) is 12.6 Å². The van der Waals surface area contributed by atoms with Crippen LogP contribution in [0.4, 0.5) is 13.6 Å². The Morgan fingerprint density at radius 3 is 2.21 bits per heavy atom. The van der Waals surface area contributed by atoms with Gasteiger partial charge in [0.2, 0.25) is 12.3 Å². The van der Waals surface area contributed by atoms with Crippen LogP contribution < -0.4 is 10.6 Å². The van der Waals surface area contributed by atoms with Crippen LogP contribution in [0.25, 0.3) is 11.1 Å². The van der Waals surface area contributed by atoms with Crippen molar-refractivity contribution in [1.29, 1.82) is 0 Å². The summed E-state index contributed by atoms with van der Waals surface area (Å²) in [6, 6.07) is 13.7. The molecule has 1 fully saturated rings. The quantitative estimate of drug-likeness (QED) is 0.540. The number of nitrogens with one attached hydrogen (secondary N) is 2. The lowest BCUT2D eigenvalue weighted by molar-refractivity contribution is -0.143. The normalized spacial score (nSPS) is 19.9. The third-order valence-electron chi connectivity index (χ3n) is 6.53. The summed E-state index contributed by atoms with van der Waals surface area (Å²) in [6.45, 7) is 0.124. The van der Waals surface area contributed by atoms with Gasteiger partial charge >= 0.3 is 12.1 Å². The number of hydrogen-bond acceptors (Lipinski definition) is 4. The van der Waals surface area contributed by atoms with Crippen LogP contribution in [0.15, 0.2) is 48.5 Å². The fourth-order valence-corrected chi connectivity index (χ4v) is 4.92. The molecule has 2 aromatic rings. The van der Waals surface area contributed by atoms with Crippen LogP contribution in [0.2, 0.25) is 0 Å². The largest absolute Gasteiger partial charge is 0.480 e. The maximum Gasteiger partial charge on any atom is 0.407 e. The third-order valence-corrected chi connectivity index (χ3v) is 6.53. The summed E-state index contributed by atoms with van der Waals surface area (Å²) in [5.41, 5.74) is 4.37. The SMILES string of the molecule is O=C(N[C@H]1CCC[C@H]1C(=O)NC(CC(F)F)C(=O)O)OCC1c2ccccc2-c2ccccc21. The molecule has 3 atom stereocenters. The van der Waals surface area contributed by atoms with Crippen LogP contribution in [-0.4, -0.2) is 48.2 Å². The van der Waals surface area contributed by atoms with E-state index in [0.717, 1.165) is 22.3 Å². The number of alkyl halides is 2. The van der Waals surface area contributed by atoms with E-state index < -0.39 is 48.8 Å². The molecular formula is C25H26F2N2O5. The van der Waals surface area contributed by atoms with Crippen LogP contribution in [0, 0.1) is 5.92 Å². The number of rotatable bonds is 8. The van der Waals surface area contributed by atoms with Gasteiger partial charge in [-0.2, -0.15) is 0 Å². The minimum absolute atomic E-state index is 0.105. The first-order valence-electron chi connectivity index (χ1n) is 11.3. The molecule has 0 radical (unpaired) electrons. The summed E-state index contributed by atoms with van der Waals surface area (Å²) in [7, 11) is 0. The van der Waals surface area contributed by atoms with Crippen molar-refractivity contribution < 1.29 is 33.0 Å². The van der Waals surface area contributed by atoms with Gasteiger partial charge in [0.05, 0.1) is 5.92 Å². The molecule has 0 saturated heterocycles. The Labute approximate surface area is 195 Å². The van der Waals surface area contributed by atoms with Gasteiger partial charge in [-0.15, -0.1) is 0 Å². The van der Waals surface area contributed by atoms with E-state index in [1.165, 1.54) is 0 Å². The number of benzene rings is 2. The number of amides is 2. The van der Waals surface area contributed by atoms with Crippen LogP contribution in [0.5, 0.6) is 0 Å². The number of aliphatic carboxylic acids is 1. The van der Waals surface area contributed by atoms with Gasteiger partial charge < -0.3 is 20.5 Å². The predicted molar refractivity (Wildman–Crippen MR) is 120 cm³/mol. The van der Waals surface area contributed by atoms with E-state index in [4.69, 9.17) is 9.84 Å². The van der Waals surface area contributed by atoms with E-state index in [1.807, 2.05) is 48.5 Å². The van der Waals surface area contributed by atoms with Crippen molar-refractivity contribution in [2.75, 3.05) is 6.61 Å². The number of halogens is 2. The third kappa shape index (κ3) is 5.03. The van der Waals surface area contributed by atoms with Gasteiger partial charge in [0.25, 0.3) is 0 Å². The first-order valence-corrected chi connectivity index (χ1v) is 11.3. The Morgan fingerprint density at radius 1 is 1.00 bits per heavy atom. The van der Waals surface area contributed by atoms with Crippen molar-refractivity contribution in [3.05, 3.63) is 59.7 Å². The number of carboxylic acid groups (broad SMARTS) is 1. The Kier molecular flexibility index (Phi) is 7.09. The van der Waals surface area contributed by atoms with Crippen LogP contribution >= 0.6 is 0 Å². The molecule has 7 nitrogen and oxygen atoms in total. The molecule has 1 saturated carbocycles. The minimum atomic E-state index is -2.86. The summed E-state index contributed by atoms with van der Waals surface area (Å²) < 4.78 is 30.8. The van der Waals surface area contributed by atoms with Crippen molar-refractivity contribution in [3.63, 3.8) is 0 Å². The van der Waals surface area contributed by atoms with Crippen molar-refractivity contribution in [1.82, 2.24) is 10.6 Å². The monoisotopic (exact) mass is 472 g/mol. The Balaban J connectivity index is 1.36. The van der Waals surface area contributed by atoms with Crippen molar-refractivity contribution in [3.8, 4) is 11.1 Å². The second kappa shape index (κ2) is 10.2. The first kappa shape index (κ1) is 23.7. The average Bonchev–Trinajstić information content (AvgIpc) is 3.39. The lowest BCUT2D eigenvalue weighted by atomic mass is 9.98. The minimum Gasteiger partial charge on any atom is -0.480 e. The van der Waals surface area contributed by atoms with Crippen LogP contribution in [-0.2, 0) is 14.3 Å². The fraction of sp³-hybridized carbons (Fsp3) is 0.400. The summed E-state index contributed by atoms with van der Waals surface area (Å²) in [5.74, 6) is -2.99. The molecule has 2 aliphatic carbocycles. The first-order chi connectivity index (χ1) is 16.3. The molecule has 0 spiro atoms. The Hall–Kier alpha value is -3.49. The Bertz CT molecular complexity index is 1030. The highest BCUT2D eigenvalue weighted by molar-refractivity contribution is 5.86. The molecule has 9 heteroatoms. The van der Waals surface area contributed by atoms with Gasteiger partial charge in [-0.1, -0.05) is 55.0 Å². The summed E-state index contributed by atoms with van der Waals surface area (Å²) in [5, 5.41) is 14.0. The fourth-order valence-electron chi connectivity index (χ4n) is 4.92. The molecule has 0 heterocycles. The lowest BCUT2D eigenvalue weighted by Gasteiger charge is -2.23. The van der Waals surface area contributed by atoms with Gasteiger partial charge in [0, 0.05) is 18.4 Å². The van der Waals surface area contributed by atoms with Gasteiger partial charge in [0.15, 0.2) is 0 Å². The molecule has 2 aliphatic rings. The topological polar surface area (TPSA) is 105 Å². The predicted octanol–water partition coefficient (Wildman–Crippen LogP) is 3.92. The van der Waals surface area contributed by atoms with Crippen molar-refractivity contribution in [2.45, 2.75) is 50.1 Å². The van der Waals surface area contributed by atoms with E-state index in [-0.39, 0.29) is 12.5 Å². The number of ether oxygens (including phenoxy) is 1. The second-order valence-corrected chi connectivity index (χ2v) is 8.64. The molecule has 0 aromatic heterocycles. The van der Waals surface area contributed by atoms with E-state index in [9.17, 15) is 23.2 Å². The molecule has 3 N–H and O–H groups in total. The maximum atomic E-state index is 12.6. The van der Waals surface area contributed by atoms with Crippen LogP contribution in [0.3, 0.4) is 0 Å². The highest BCUT2D eigenvalue weighted by Gasteiger charge is 2.37. The van der Waals surface area contributed by atoms with Gasteiger partial charge in [-0.3, -0.25) is 4.79 Å². The number of carbonyl (C=O) groups excluding carboxylic acids is 2. The molecule has 1 unspecified atom stereocenters. The number of carboxylic acids is 1. The molecule has 0 aliphatic heterocycles. The van der Waals surface area contributed by atoms with E-state index in [0.29, 0.717) is 19.3 Å². The van der Waals surface area contributed by atoms with Crippen molar-refractivity contribution in [2.24, 2.45) is 5.92 Å². The lowest BCUT2D eigenvalue weighted by Crippen LogP contribution is -2.49. The second-order valence-electron chi connectivity index (χ2n) is 8.64. The molecule has 2 amide bonds. The highest BCUT2D eigenvalue weighted by Crippen LogP contribution is 2.44. The smallest absolute Gasteiger partial charge is 0.407 e.